The van der Waals surface area contributed by atoms with Crippen LogP contribution in [0.3, 0.4) is 0 Å². The van der Waals surface area contributed by atoms with Crippen LogP contribution in [-0.4, -0.2) is 23.4 Å². The zero-order chi connectivity index (χ0) is 16.2. The Hall–Kier alpha value is -2.35. The second-order valence-corrected chi connectivity index (χ2v) is 5.76. The smallest absolute Gasteiger partial charge is 0.171 e. The Labute approximate surface area is 140 Å². The number of nitriles is 1. The van der Waals surface area contributed by atoms with Crippen LogP contribution in [0.25, 0.3) is 10.9 Å². The molecular weight excluding hydrogens is 308 g/mol. The fourth-order valence-corrected chi connectivity index (χ4v) is 3.11. The van der Waals surface area contributed by atoms with E-state index in [1.165, 1.54) is 0 Å². The zero-order valence-electron chi connectivity index (χ0n) is 12.8. The van der Waals surface area contributed by atoms with Crippen LogP contribution in [0.4, 0.5) is 0 Å². The van der Waals surface area contributed by atoms with E-state index in [1.54, 1.807) is 6.07 Å². The molecule has 3 aromatic rings. The molecule has 2 aromatic carbocycles. The number of fused-ring (bicyclic) bond motifs is 1. The average Bonchev–Trinajstić information content (AvgIpc) is 2.96. The summed E-state index contributed by atoms with van der Waals surface area (Å²) in [4.78, 5) is 0. The third-order valence-electron chi connectivity index (χ3n) is 3.94. The molecule has 1 aromatic heterocycles. The highest BCUT2D eigenvalue weighted by Crippen LogP contribution is 2.31. The molecule has 4 nitrogen and oxygen atoms in total. The highest BCUT2D eigenvalue weighted by atomic mass is 35.5. The molecule has 1 heterocycles. The van der Waals surface area contributed by atoms with Gasteiger partial charge in [0.1, 0.15) is 6.07 Å². The van der Waals surface area contributed by atoms with E-state index in [9.17, 15) is 5.26 Å². The Morgan fingerprint density at radius 3 is 2.70 bits per heavy atom. The number of hydrogen-bond acceptors (Lipinski definition) is 3. The van der Waals surface area contributed by atoms with Crippen molar-refractivity contribution in [3.05, 3.63) is 64.8 Å². The maximum absolute atomic E-state index is 9.40. The Morgan fingerprint density at radius 1 is 1.22 bits per heavy atom. The van der Waals surface area contributed by atoms with Crippen LogP contribution in [0, 0.1) is 11.3 Å². The van der Waals surface area contributed by atoms with Gasteiger partial charge in [-0.3, -0.25) is 4.68 Å². The molecule has 0 saturated carbocycles. The first kappa shape index (κ1) is 15.5. The number of benzene rings is 2. The largest absolute Gasteiger partial charge is 0.320 e. The predicted molar refractivity (Wildman–Crippen MR) is 92.6 cm³/mol. The number of aromatic nitrogens is 2. The van der Waals surface area contributed by atoms with E-state index in [1.807, 2.05) is 42.1 Å². The van der Waals surface area contributed by atoms with Crippen LogP contribution in [0.15, 0.2) is 48.5 Å². The molecule has 23 heavy (non-hydrogen) atoms. The van der Waals surface area contributed by atoms with Crippen molar-refractivity contribution in [1.29, 1.82) is 5.26 Å². The lowest BCUT2D eigenvalue weighted by atomic mass is 10.0. The molecule has 0 spiro atoms. The van der Waals surface area contributed by atoms with E-state index in [2.05, 4.69) is 28.6 Å². The Balaban J connectivity index is 2.19. The van der Waals surface area contributed by atoms with Crippen LogP contribution < -0.4 is 5.32 Å². The van der Waals surface area contributed by atoms with Gasteiger partial charge in [-0.25, -0.2) is 0 Å². The highest BCUT2D eigenvalue weighted by molar-refractivity contribution is 6.35. The van der Waals surface area contributed by atoms with Crippen LogP contribution in [-0.2, 0) is 0 Å². The van der Waals surface area contributed by atoms with E-state index < -0.39 is 0 Å². The van der Waals surface area contributed by atoms with E-state index >= 15 is 0 Å². The van der Waals surface area contributed by atoms with Crippen molar-refractivity contribution in [3.63, 3.8) is 0 Å². The van der Waals surface area contributed by atoms with Crippen molar-refractivity contribution in [3.8, 4) is 6.07 Å². The van der Waals surface area contributed by atoms with Gasteiger partial charge in [0.05, 0.1) is 22.0 Å². The topological polar surface area (TPSA) is 53.6 Å². The summed E-state index contributed by atoms with van der Waals surface area (Å²) in [7, 11) is 1.93. The molecule has 0 aliphatic heterocycles. The lowest BCUT2D eigenvalue weighted by Crippen LogP contribution is -2.18. The van der Waals surface area contributed by atoms with Gasteiger partial charge in [0.2, 0.25) is 0 Å². The Bertz CT molecular complexity index is 849. The first-order valence-corrected chi connectivity index (χ1v) is 7.90. The quantitative estimate of drug-likeness (QED) is 0.777. The molecule has 0 aliphatic carbocycles. The van der Waals surface area contributed by atoms with Gasteiger partial charge in [-0.2, -0.15) is 10.4 Å². The third-order valence-corrected chi connectivity index (χ3v) is 4.25. The van der Waals surface area contributed by atoms with Crippen LogP contribution in [0.2, 0.25) is 5.02 Å². The third kappa shape index (κ3) is 2.94. The molecule has 0 aliphatic rings. The van der Waals surface area contributed by atoms with Crippen molar-refractivity contribution < 1.29 is 0 Å². The van der Waals surface area contributed by atoms with Crippen molar-refractivity contribution in [1.82, 2.24) is 15.1 Å². The summed E-state index contributed by atoms with van der Waals surface area (Å²) in [5, 5.41) is 18.4. The summed E-state index contributed by atoms with van der Waals surface area (Å²) < 4.78 is 1.92. The Kier molecular flexibility index (Phi) is 4.61. The number of rotatable bonds is 5. The van der Waals surface area contributed by atoms with Gasteiger partial charge >= 0.3 is 0 Å². The first-order chi connectivity index (χ1) is 11.3. The van der Waals surface area contributed by atoms with Gasteiger partial charge < -0.3 is 5.32 Å². The summed E-state index contributed by atoms with van der Waals surface area (Å²) >= 11 is 6.29. The molecule has 1 unspecified atom stereocenters. The first-order valence-electron chi connectivity index (χ1n) is 7.52. The van der Waals surface area contributed by atoms with Crippen molar-refractivity contribution in [2.75, 3.05) is 13.6 Å². The maximum atomic E-state index is 9.40. The van der Waals surface area contributed by atoms with Gasteiger partial charge in [0.25, 0.3) is 0 Å². The van der Waals surface area contributed by atoms with Gasteiger partial charge in [0, 0.05) is 0 Å². The van der Waals surface area contributed by atoms with Crippen LogP contribution in [0.1, 0.15) is 23.7 Å². The minimum absolute atomic E-state index is 0.0479. The van der Waals surface area contributed by atoms with Gasteiger partial charge in [-0.1, -0.05) is 48.0 Å². The van der Waals surface area contributed by atoms with Crippen molar-refractivity contribution in [2.24, 2.45) is 0 Å². The van der Waals surface area contributed by atoms with Gasteiger partial charge in [-0.05, 0) is 37.7 Å². The molecule has 0 bridgehead atoms. The molecule has 1 N–H and O–H groups in total. The summed E-state index contributed by atoms with van der Waals surface area (Å²) in [6.45, 7) is 0.851. The lowest BCUT2D eigenvalue weighted by Gasteiger charge is -2.19. The van der Waals surface area contributed by atoms with Crippen molar-refractivity contribution in [2.45, 2.75) is 12.5 Å². The van der Waals surface area contributed by atoms with Gasteiger partial charge in [-0.15, -0.1) is 0 Å². The molecule has 1 atom stereocenters. The minimum atomic E-state index is 0.0479. The molecule has 3 rings (SSSR count). The number of nitrogens with one attached hydrogen (secondary N) is 1. The summed E-state index contributed by atoms with van der Waals surface area (Å²) in [5.74, 6) is 0. The monoisotopic (exact) mass is 324 g/mol. The van der Waals surface area contributed by atoms with E-state index in [0.29, 0.717) is 10.7 Å². The van der Waals surface area contributed by atoms with E-state index in [4.69, 9.17) is 11.6 Å². The molecule has 0 fully saturated rings. The normalized spacial score (nSPS) is 12.2. The molecule has 116 valence electrons. The van der Waals surface area contributed by atoms with Crippen LogP contribution in [0.5, 0.6) is 0 Å². The maximum Gasteiger partial charge on any atom is 0.171 e. The molecule has 0 saturated heterocycles. The fraction of sp³-hybridized carbons (Fsp3) is 0.222. The van der Waals surface area contributed by atoms with Gasteiger partial charge in [0.15, 0.2) is 5.69 Å². The fourth-order valence-electron chi connectivity index (χ4n) is 2.85. The SMILES string of the molecule is CNCCC(c1ccccc1)n1nc(C#N)c2c(Cl)cccc21. The molecule has 0 amide bonds. The second-order valence-electron chi connectivity index (χ2n) is 5.36. The summed E-state index contributed by atoms with van der Waals surface area (Å²) in [6.07, 6.45) is 0.870. The summed E-state index contributed by atoms with van der Waals surface area (Å²) in [6, 6.07) is 18.1. The standard InChI is InChI=1S/C18H17ClN4/c1-21-11-10-16(13-6-3-2-4-7-13)23-17-9-5-8-14(19)18(17)15(12-20)22-23/h2-9,16,21H,10-11H2,1H3. The molecule has 0 radical (unpaired) electrons. The summed E-state index contributed by atoms with van der Waals surface area (Å²) in [5.41, 5.74) is 2.42. The number of halogens is 1. The Morgan fingerprint density at radius 2 is 2.00 bits per heavy atom. The predicted octanol–water partition coefficient (Wildman–Crippen LogP) is 3.76. The number of nitrogens with zero attached hydrogens (tertiary/aromatic N) is 3. The lowest BCUT2D eigenvalue weighted by molar-refractivity contribution is 0.493. The highest BCUT2D eigenvalue weighted by Gasteiger charge is 2.20. The average molecular weight is 325 g/mol. The van der Waals surface area contributed by atoms with E-state index in [0.717, 1.165) is 29.4 Å². The van der Waals surface area contributed by atoms with Crippen LogP contribution >= 0.6 is 11.6 Å². The second kappa shape index (κ2) is 6.82. The molecule has 5 heteroatoms. The minimum Gasteiger partial charge on any atom is -0.320 e. The number of hydrogen-bond donors (Lipinski definition) is 1. The van der Waals surface area contributed by atoms with Crippen molar-refractivity contribution >= 4 is 22.5 Å². The zero-order valence-corrected chi connectivity index (χ0v) is 13.6. The van der Waals surface area contributed by atoms with E-state index in [-0.39, 0.29) is 6.04 Å². The molecular formula is C18H17ClN4.